The topological polar surface area (TPSA) is 6.48 Å². The molecule has 0 aliphatic heterocycles. The molecule has 2 heteroatoms. The molecule has 0 amide bonds. The number of rotatable bonds is 11. The first kappa shape index (κ1) is 42.4. The smallest absolute Gasteiger partial charge is 0.0540 e. The largest absolute Gasteiger partial charge is 0.310 e. The van der Waals surface area contributed by atoms with Gasteiger partial charge in [0.05, 0.1) is 11.4 Å². The Morgan fingerprint density at radius 1 is 0.286 bits per heavy atom. The molecule has 332 valence electrons. The number of allylic oxidation sites excluding steroid dienone is 1. The fourth-order valence-corrected chi connectivity index (χ4v) is 10.3. The first-order valence-corrected chi connectivity index (χ1v) is 24.3. The molecule has 0 fully saturated rings. The minimum atomic E-state index is 1.05. The fraction of sp³-hybridized carbons (Fsp3) is 0.0294. The van der Waals surface area contributed by atoms with Gasteiger partial charge in [-0.05, 0) is 140 Å². The lowest BCUT2D eigenvalue weighted by Crippen LogP contribution is -2.13. The summed E-state index contributed by atoms with van der Waals surface area (Å²) in [6, 6.07) is 97.1. The number of anilines is 6. The third-order valence-electron chi connectivity index (χ3n) is 13.7. The zero-order chi connectivity index (χ0) is 46.6. The monoisotopic (exact) mass is 894 g/mol. The Morgan fingerprint density at radius 3 is 1.33 bits per heavy atom. The Labute approximate surface area is 411 Å². The van der Waals surface area contributed by atoms with E-state index in [0.717, 1.165) is 46.8 Å². The van der Waals surface area contributed by atoms with Crippen LogP contribution in [0.3, 0.4) is 0 Å². The molecule has 0 unspecified atom stereocenters. The lowest BCUT2D eigenvalue weighted by atomic mass is 9.90. The van der Waals surface area contributed by atoms with Crippen LogP contribution in [0.1, 0.15) is 17.5 Å². The highest BCUT2D eigenvalue weighted by molar-refractivity contribution is 6.00. The number of benzene rings is 11. The second-order valence-electron chi connectivity index (χ2n) is 18.0. The van der Waals surface area contributed by atoms with Crippen molar-refractivity contribution in [2.24, 2.45) is 0 Å². The molecule has 0 heterocycles. The third-order valence-corrected chi connectivity index (χ3v) is 13.7. The summed E-state index contributed by atoms with van der Waals surface area (Å²) in [5.74, 6) is 0. The van der Waals surface area contributed by atoms with Crippen molar-refractivity contribution >= 4 is 51.0 Å². The highest BCUT2D eigenvalue weighted by atomic mass is 15.1. The van der Waals surface area contributed by atoms with Gasteiger partial charge in [-0.2, -0.15) is 0 Å². The molecule has 2 nitrogen and oxygen atoms in total. The number of hydrogen-bond donors (Lipinski definition) is 0. The Balaban J connectivity index is 0.960. The predicted molar refractivity (Wildman–Crippen MR) is 298 cm³/mol. The summed E-state index contributed by atoms with van der Waals surface area (Å²) < 4.78 is 0. The molecule has 0 atom stereocenters. The summed E-state index contributed by atoms with van der Waals surface area (Å²) in [5, 5.41) is 2.40. The van der Waals surface area contributed by atoms with Gasteiger partial charge in [-0.15, -0.1) is 0 Å². The van der Waals surface area contributed by atoms with Crippen LogP contribution in [0.25, 0.3) is 72.5 Å². The lowest BCUT2D eigenvalue weighted by Gasteiger charge is -2.29. The average Bonchev–Trinajstić information content (AvgIpc) is 3.44. The van der Waals surface area contributed by atoms with Crippen molar-refractivity contribution in [2.75, 3.05) is 9.80 Å². The van der Waals surface area contributed by atoms with Crippen LogP contribution in [0.2, 0.25) is 0 Å². The number of aryl methyl sites for hydroxylation is 1. The molecule has 1 aliphatic carbocycles. The Bertz CT molecular complexity index is 3610. The van der Waals surface area contributed by atoms with Gasteiger partial charge >= 0.3 is 0 Å². The lowest BCUT2D eigenvalue weighted by molar-refractivity contribution is 0.984. The van der Waals surface area contributed by atoms with E-state index in [1.807, 2.05) is 0 Å². The van der Waals surface area contributed by atoms with E-state index in [-0.39, 0.29) is 0 Å². The maximum atomic E-state index is 2.42. The summed E-state index contributed by atoms with van der Waals surface area (Å²) >= 11 is 0. The van der Waals surface area contributed by atoms with E-state index in [9.17, 15) is 0 Å². The quantitative estimate of drug-likeness (QED) is 0.128. The molecular weight excluding hydrogens is 845 g/mol. The van der Waals surface area contributed by atoms with Crippen LogP contribution < -0.4 is 9.80 Å². The predicted octanol–water partition coefficient (Wildman–Crippen LogP) is 19.1. The van der Waals surface area contributed by atoms with Gasteiger partial charge in [0.25, 0.3) is 0 Å². The molecule has 0 saturated heterocycles. The number of nitrogens with zero attached hydrogens (tertiary/aromatic N) is 2. The molecule has 12 rings (SSSR count). The van der Waals surface area contributed by atoms with E-state index in [4.69, 9.17) is 0 Å². The van der Waals surface area contributed by atoms with Crippen LogP contribution in [-0.2, 0) is 6.42 Å². The normalized spacial score (nSPS) is 11.8. The molecule has 0 radical (unpaired) electrons. The highest BCUT2D eigenvalue weighted by Gasteiger charge is 2.22. The van der Waals surface area contributed by atoms with Crippen molar-refractivity contribution < 1.29 is 0 Å². The van der Waals surface area contributed by atoms with E-state index >= 15 is 0 Å². The SMILES string of the molecule is C1=Cc2c(cccc2N(c2ccccc2)c2ccc(-c3ccc(-c4ccc(N(c5ccc(-c6ccccc6)cc5)c5cccc6ccccc56)cc4-c4ccccc4)cc3)c(-c3ccccc3)c2)CC1. The highest BCUT2D eigenvalue weighted by Crippen LogP contribution is 2.46. The van der Waals surface area contributed by atoms with Gasteiger partial charge in [-0.3, -0.25) is 0 Å². The minimum Gasteiger partial charge on any atom is -0.310 e. The van der Waals surface area contributed by atoms with E-state index in [1.54, 1.807) is 0 Å². The summed E-state index contributed by atoms with van der Waals surface area (Å²) in [5.41, 5.74) is 21.2. The van der Waals surface area contributed by atoms with Crippen molar-refractivity contribution in [3.8, 4) is 55.6 Å². The van der Waals surface area contributed by atoms with Crippen molar-refractivity contribution in [3.63, 3.8) is 0 Å². The summed E-state index contributed by atoms with van der Waals surface area (Å²) in [7, 11) is 0. The minimum absolute atomic E-state index is 1.05. The summed E-state index contributed by atoms with van der Waals surface area (Å²) in [6.07, 6.45) is 6.74. The molecule has 1 aliphatic rings. The molecule has 0 aromatic heterocycles. The second-order valence-corrected chi connectivity index (χ2v) is 18.0. The van der Waals surface area contributed by atoms with Crippen LogP contribution in [-0.4, -0.2) is 0 Å². The van der Waals surface area contributed by atoms with Gasteiger partial charge in [-0.1, -0.05) is 218 Å². The molecule has 70 heavy (non-hydrogen) atoms. The van der Waals surface area contributed by atoms with E-state index in [2.05, 4.69) is 289 Å². The zero-order valence-electron chi connectivity index (χ0n) is 38.9. The van der Waals surface area contributed by atoms with E-state index < -0.39 is 0 Å². The molecule has 0 bridgehead atoms. The summed E-state index contributed by atoms with van der Waals surface area (Å²) in [4.78, 5) is 4.83. The fourth-order valence-electron chi connectivity index (χ4n) is 10.3. The van der Waals surface area contributed by atoms with Crippen LogP contribution >= 0.6 is 0 Å². The van der Waals surface area contributed by atoms with Crippen molar-refractivity contribution in [1.82, 2.24) is 0 Å². The standard InChI is InChI=1S/C68H50N2/c1-5-19-49(20-6-1)50-39-41-58(42-40-50)70(68-34-18-28-52-26-14-16-32-64(52)68)60-44-46-62(66(48-60)54-23-9-3-10-24-54)56-37-35-55(36-38-56)61-45-43-59(47-65(61)53-21-7-2-8-22-53)69(57-29-11-4-12-30-57)67-33-17-27-51-25-13-15-31-63(51)67/h1-12,14-24,26-48H,13,25H2. The van der Waals surface area contributed by atoms with E-state index in [0.29, 0.717) is 0 Å². The third kappa shape index (κ3) is 8.27. The van der Waals surface area contributed by atoms with Gasteiger partial charge in [0.15, 0.2) is 0 Å². The molecular formula is C68H50N2. The molecule has 0 spiro atoms. The van der Waals surface area contributed by atoms with Crippen molar-refractivity contribution in [3.05, 3.63) is 284 Å². The zero-order valence-corrected chi connectivity index (χ0v) is 38.9. The Morgan fingerprint density at radius 2 is 0.714 bits per heavy atom. The van der Waals surface area contributed by atoms with Crippen molar-refractivity contribution in [1.29, 1.82) is 0 Å². The second kappa shape index (κ2) is 19.0. The first-order valence-electron chi connectivity index (χ1n) is 24.3. The van der Waals surface area contributed by atoms with Crippen molar-refractivity contribution in [2.45, 2.75) is 12.8 Å². The maximum Gasteiger partial charge on any atom is 0.0540 e. The van der Waals surface area contributed by atoms with Crippen LogP contribution in [0.15, 0.2) is 273 Å². The number of hydrogen-bond acceptors (Lipinski definition) is 2. The molecule has 0 saturated carbocycles. The number of para-hydroxylation sites is 1. The van der Waals surface area contributed by atoms with Crippen LogP contribution in [0, 0.1) is 0 Å². The van der Waals surface area contributed by atoms with Gasteiger partial charge in [0, 0.05) is 33.7 Å². The molecule has 0 N–H and O–H groups in total. The Kier molecular flexibility index (Phi) is 11.5. The van der Waals surface area contributed by atoms with Crippen LogP contribution in [0.4, 0.5) is 34.1 Å². The van der Waals surface area contributed by atoms with Gasteiger partial charge in [0.1, 0.15) is 0 Å². The molecule has 11 aromatic carbocycles. The maximum absolute atomic E-state index is 2.42. The molecule has 11 aromatic rings. The van der Waals surface area contributed by atoms with Gasteiger partial charge in [0.2, 0.25) is 0 Å². The first-order chi connectivity index (χ1) is 34.7. The Hall–Kier alpha value is -8.98. The van der Waals surface area contributed by atoms with Gasteiger partial charge < -0.3 is 9.80 Å². The summed E-state index contributed by atoms with van der Waals surface area (Å²) in [6.45, 7) is 0. The van der Waals surface area contributed by atoms with E-state index in [1.165, 1.54) is 77.7 Å². The van der Waals surface area contributed by atoms with Gasteiger partial charge in [-0.25, -0.2) is 0 Å². The number of fused-ring (bicyclic) bond motifs is 2. The van der Waals surface area contributed by atoms with Crippen LogP contribution in [0.5, 0.6) is 0 Å². The average molecular weight is 895 g/mol.